The first-order chi connectivity index (χ1) is 14.9. The van der Waals surface area contributed by atoms with E-state index in [1.54, 1.807) is 48.7 Å². The van der Waals surface area contributed by atoms with Crippen molar-refractivity contribution in [3.05, 3.63) is 94.5 Å². The van der Waals surface area contributed by atoms with E-state index in [1.807, 2.05) is 11.9 Å². The Hall–Kier alpha value is -3.09. The van der Waals surface area contributed by atoms with Crippen molar-refractivity contribution in [3.63, 3.8) is 0 Å². The molecule has 3 aromatic rings. The highest BCUT2D eigenvalue weighted by molar-refractivity contribution is 6.31. The number of nitrogens with zero attached hydrogens (tertiary/aromatic N) is 2. The van der Waals surface area contributed by atoms with Crippen LogP contribution in [0.15, 0.2) is 67.0 Å². The number of halogens is 2. The Kier molecular flexibility index (Phi) is 4.64. The lowest BCUT2D eigenvalue weighted by molar-refractivity contribution is -0.126. The van der Waals surface area contributed by atoms with Gasteiger partial charge in [0.25, 0.3) is 0 Å². The molecule has 31 heavy (non-hydrogen) atoms. The molecule has 0 radical (unpaired) electrons. The topological polar surface area (TPSA) is 62.3 Å². The highest BCUT2D eigenvalue weighted by Gasteiger charge is 2.64. The van der Waals surface area contributed by atoms with Gasteiger partial charge in [0.1, 0.15) is 11.4 Å². The molecule has 1 spiro atoms. The summed E-state index contributed by atoms with van der Waals surface area (Å²) in [7, 11) is 1.84. The van der Waals surface area contributed by atoms with Crippen LogP contribution in [0.1, 0.15) is 27.4 Å². The van der Waals surface area contributed by atoms with Crippen molar-refractivity contribution < 1.29 is 14.0 Å². The van der Waals surface area contributed by atoms with E-state index in [0.717, 1.165) is 5.56 Å². The van der Waals surface area contributed by atoms with Gasteiger partial charge in [0, 0.05) is 46.7 Å². The molecule has 3 atom stereocenters. The molecule has 156 valence electrons. The number of hydrogen-bond acceptors (Lipinski definition) is 4. The number of benzene rings is 2. The van der Waals surface area contributed by atoms with Crippen molar-refractivity contribution in [1.82, 2.24) is 9.88 Å². The summed E-state index contributed by atoms with van der Waals surface area (Å²) in [5.74, 6) is -1.87. The summed E-state index contributed by atoms with van der Waals surface area (Å²) in [5, 5.41) is 3.43. The maximum atomic E-state index is 13.9. The summed E-state index contributed by atoms with van der Waals surface area (Å²) in [5.41, 5.74) is 1.32. The second-order valence-electron chi connectivity index (χ2n) is 8.03. The number of nitrogens with one attached hydrogen (secondary N) is 1. The largest absolute Gasteiger partial charge is 0.324 e. The van der Waals surface area contributed by atoms with Crippen LogP contribution < -0.4 is 5.32 Å². The molecule has 3 heterocycles. The van der Waals surface area contributed by atoms with Gasteiger partial charge in [-0.3, -0.25) is 19.5 Å². The quantitative estimate of drug-likeness (QED) is 0.625. The molecule has 7 heteroatoms. The Morgan fingerprint density at radius 3 is 2.71 bits per heavy atom. The number of anilines is 1. The van der Waals surface area contributed by atoms with Crippen molar-refractivity contribution in [2.45, 2.75) is 11.5 Å². The average Bonchev–Trinajstić information content (AvgIpc) is 3.24. The zero-order valence-electron chi connectivity index (χ0n) is 16.7. The normalized spacial score (nSPS) is 24.9. The molecule has 0 aliphatic carbocycles. The van der Waals surface area contributed by atoms with E-state index in [2.05, 4.69) is 10.3 Å². The van der Waals surface area contributed by atoms with Gasteiger partial charge in [0.2, 0.25) is 5.91 Å². The van der Waals surface area contributed by atoms with E-state index in [-0.39, 0.29) is 23.4 Å². The van der Waals surface area contributed by atoms with Gasteiger partial charge in [0.15, 0.2) is 5.78 Å². The summed E-state index contributed by atoms with van der Waals surface area (Å²) in [4.78, 5) is 33.4. The summed E-state index contributed by atoms with van der Waals surface area (Å²) < 4.78 is 13.6. The number of likely N-dealkylation sites (N-methyl/N-ethyl adjacent to an activating group) is 1. The zero-order chi connectivity index (χ0) is 21.8. The van der Waals surface area contributed by atoms with Crippen molar-refractivity contribution in [1.29, 1.82) is 0 Å². The molecule has 0 bridgehead atoms. The highest BCUT2D eigenvalue weighted by Crippen LogP contribution is 2.55. The fourth-order valence-corrected chi connectivity index (χ4v) is 5.28. The van der Waals surface area contributed by atoms with E-state index in [4.69, 9.17) is 11.6 Å². The van der Waals surface area contributed by atoms with E-state index in [0.29, 0.717) is 28.4 Å². The van der Waals surface area contributed by atoms with Gasteiger partial charge >= 0.3 is 0 Å². The van der Waals surface area contributed by atoms with Crippen LogP contribution in [0.4, 0.5) is 10.1 Å². The second kappa shape index (κ2) is 7.25. The van der Waals surface area contributed by atoms with Crippen LogP contribution in [0.25, 0.3) is 0 Å². The van der Waals surface area contributed by atoms with Crippen LogP contribution in [0.2, 0.25) is 5.02 Å². The molecule has 2 aliphatic heterocycles. The number of fused-ring (bicyclic) bond motifs is 2. The lowest BCUT2D eigenvalue weighted by Crippen LogP contribution is -2.51. The number of carbonyl (C=O) groups is 2. The number of pyridine rings is 1. The Morgan fingerprint density at radius 1 is 1.23 bits per heavy atom. The molecule has 1 aromatic heterocycles. The maximum Gasteiger partial charge on any atom is 0.250 e. The molecule has 2 aliphatic rings. The van der Waals surface area contributed by atoms with Crippen LogP contribution >= 0.6 is 11.6 Å². The third kappa shape index (κ3) is 2.90. The number of aromatic nitrogens is 1. The van der Waals surface area contributed by atoms with Gasteiger partial charge in [-0.15, -0.1) is 0 Å². The third-order valence-electron chi connectivity index (χ3n) is 6.44. The monoisotopic (exact) mass is 435 g/mol. The molecular weight excluding hydrogens is 417 g/mol. The number of Topliss-reactive ketones (excluding diaryl/α,β-unsaturated/α-hetero) is 1. The van der Waals surface area contributed by atoms with Crippen LogP contribution in [0.3, 0.4) is 0 Å². The summed E-state index contributed by atoms with van der Waals surface area (Å²) in [6.45, 7) is 0.446. The number of hydrogen-bond donors (Lipinski definition) is 1. The molecule has 5 nitrogen and oxygen atoms in total. The minimum Gasteiger partial charge on any atom is -0.324 e. The average molecular weight is 436 g/mol. The smallest absolute Gasteiger partial charge is 0.250 e. The zero-order valence-corrected chi connectivity index (χ0v) is 17.4. The molecule has 0 saturated carbocycles. The van der Waals surface area contributed by atoms with Crippen molar-refractivity contribution in [2.75, 3.05) is 18.9 Å². The van der Waals surface area contributed by atoms with Crippen molar-refractivity contribution in [2.24, 2.45) is 5.92 Å². The van der Waals surface area contributed by atoms with E-state index in [1.165, 1.54) is 18.3 Å². The highest BCUT2D eigenvalue weighted by atomic mass is 35.5. The number of amides is 1. The predicted molar refractivity (Wildman–Crippen MR) is 116 cm³/mol. The number of carbonyl (C=O) groups excluding carboxylic acids is 2. The van der Waals surface area contributed by atoms with Crippen LogP contribution in [0, 0.1) is 11.7 Å². The van der Waals surface area contributed by atoms with Gasteiger partial charge < -0.3 is 5.32 Å². The van der Waals surface area contributed by atoms with Crippen LogP contribution in [-0.2, 0) is 10.3 Å². The fourth-order valence-electron chi connectivity index (χ4n) is 5.11. The number of likely N-dealkylation sites (tertiary alicyclic amines) is 1. The van der Waals surface area contributed by atoms with Gasteiger partial charge in [0.05, 0.1) is 5.92 Å². The lowest BCUT2D eigenvalue weighted by Gasteiger charge is -2.35. The standard InChI is InChI=1S/C24H19ClFN3O2/c1-29-13-18(14-4-7-17(26)8-5-14)21(22(30)15-3-2-10-27-12-15)24(29)19-11-16(25)6-9-20(19)28-23(24)31/h2-12,18,21H,13H2,1H3,(H,28,31). The van der Waals surface area contributed by atoms with E-state index < -0.39 is 11.5 Å². The van der Waals surface area contributed by atoms with Crippen molar-refractivity contribution in [3.8, 4) is 0 Å². The number of rotatable bonds is 3. The Balaban J connectivity index is 1.74. The first-order valence-electron chi connectivity index (χ1n) is 9.95. The molecule has 1 amide bonds. The lowest BCUT2D eigenvalue weighted by atomic mass is 9.70. The van der Waals surface area contributed by atoms with Crippen molar-refractivity contribution >= 4 is 29.0 Å². The summed E-state index contributed by atoms with van der Waals surface area (Å²) in [6, 6.07) is 14.8. The second-order valence-corrected chi connectivity index (χ2v) is 8.47. The predicted octanol–water partition coefficient (Wildman–Crippen LogP) is 4.25. The van der Waals surface area contributed by atoms with Crippen LogP contribution in [0.5, 0.6) is 0 Å². The third-order valence-corrected chi connectivity index (χ3v) is 6.67. The Labute approximate surface area is 183 Å². The minimum atomic E-state index is -1.23. The van der Waals surface area contributed by atoms with Gasteiger partial charge in [-0.2, -0.15) is 0 Å². The van der Waals surface area contributed by atoms with Gasteiger partial charge in [-0.25, -0.2) is 4.39 Å². The first-order valence-corrected chi connectivity index (χ1v) is 10.3. The molecule has 1 fully saturated rings. The van der Waals surface area contributed by atoms with E-state index in [9.17, 15) is 14.0 Å². The first kappa shape index (κ1) is 19.8. The molecular formula is C24H19ClFN3O2. The number of ketones is 1. The van der Waals surface area contributed by atoms with Gasteiger partial charge in [-0.05, 0) is 55.1 Å². The maximum absolute atomic E-state index is 13.9. The molecule has 5 rings (SSSR count). The Morgan fingerprint density at radius 2 is 2.00 bits per heavy atom. The summed E-state index contributed by atoms with van der Waals surface area (Å²) >= 11 is 6.30. The SMILES string of the molecule is CN1CC(c2ccc(F)cc2)C(C(=O)c2cccnc2)C12C(=O)Nc1ccc(Cl)cc12. The van der Waals surface area contributed by atoms with Crippen LogP contribution in [-0.4, -0.2) is 35.2 Å². The summed E-state index contributed by atoms with van der Waals surface area (Å²) in [6.07, 6.45) is 3.12. The van der Waals surface area contributed by atoms with Gasteiger partial charge in [-0.1, -0.05) is 23.7 Å². The molecule has 2 aromatic carbocycles. The Bertz CT molecular complexity index is 1190. The molecule has 1 N–H and O–H groups in total. The molecule has 1 saturated heterocycles. The minimum absolute atomic E-state index is 0.185. The van der Waals surface area contributed by atoms with E-state index >= 15 is 0 Å². The fraction of sp³-hybridized carbons (Fsp3) is 0.208. The molecule has 3 unspecified atom stereocenters.